The highest BCUT2D eigenvalue weighted by atomic mass is 32.2. The average molecular weight is 218 g/mol. The highest BCUT2D eigenvalue weighted by Gasteiger charge is 2.09. The van der Waals surface area contributed by atoms with Crippen LogP contribution in [0, 0.1) is 6.92 Å². The molecule has 1 heterocycles. The van der Waals surface area contributed by atoms with Gasteiger partial charge in [0.05, 0.1) is 13.4 Å². The van der Waals surface area contributed by atoms with Gasteiger partial charge in [0.15, 0.2) is 0 Å². The van der Waals surface area contributed by atoms with Crippen LogP contribution in [0.2, 0.25) is 0 Å². The summed E-state index contributed by atoms with van der Waals surface area (Å²) < 4.78 is 30.9. The quantitative estimate of drug-likeness (QED) is 0.671. The van der Waals surface area contributed by atoms with Crippen LogP contribution < -0.4 is 8.92 Å². The van der Waals surface area contributed by atoms with Crippen molar-refractivity contribution in [3.8, 4) is 11.9 Å². The van der Waals surface area contributed by atoms with E-state index in [1.165, 1.54) is 7.11 Å². The summed E-state index contributed by atoms with van der Waals surface area (Å²) >= 11 is 0. The molecule has 7 heteroatoms. The molecule has 0 aromatic carbocycles. The lowest BCUT2D eigenvalue weighted by atomic mass is 10.4. The van der Waals surface area contributed by atoms with Crippen LogP contribution in [0.4, 0.5) is 0 Å². The molecule has 0 spiro atoms. The third kappa shape index (κ3) is 3.17. The Labute approximate surface area is 82.0 Å². The predicted molar refractivity (Wildman–Crippen MR) is 48.8 cm³/mol. The fourth-order valence-electron chi connectivity index (χ4n) is 0.791. The summed E-state index contributed by atoms with van der Waals surface area (Å²) in [5.74, 6) is 0.260. The third-order valence-electron chi connectivity index (χ3n) is 1.25. The summed E-state index contributed by atoms with van der Waals surface area (Å²) in [4.78, 5) is 7.48. The molecule has 0 N–H and O–H groups in total. The Morgan fingerprint density at radius 2 is 2.00 bits per heavy atom. The molecule has 6 nitrogen and oxygen atoms in total. The monoisotopic (exact) mass is 218 g/mol. The van der Waals surface area contributed by atoms with Gasteiger partial charge in [-0.2, -0.15) is 18.4 Å². The predicted octanol–water partition coefficient (Wildman–Crippen LogP) is 0.132. The van der Waals surface area contributed by atoms with Crippen LogP contribution in [0.3, 0.4) is 0 Å². The fourth-order valence-corrected chi connectivity index (χ4v) is 1.14. The minimum Gasteiger partial charge on any atom is -0.481 e. The topological polar surface area (TPSA) is 78.4 Å². The lowest BCUT2D eigenvalue weighted by molar-refractivity contribution is 0.385. The van der Waals surface area contributed by atoms with Gasteiger partial charge < -0.3 is 8.92 Å². The molecule has 0 atom stereocenters. The van der Waals surface area contributed by atoms with Crippen molar-refractivity contribution in [2.75, 3.05) is 13.4 Å². The normalized spacial score (nSPS) is 11.1. The van der Waals surface area contributed by atoms with Gasteiger partial charge in [-0.05, 0) is 6.92 Å². The van der Waals surface area contributed by atoms with E-state index < -0.39 is 10.1 Å². The molecular formula is C7H10N2O4S. The Morgan fingerprint density at radius 1 is 1.36 bits per heavy atom. The second-order valence-electron chi connectivity index (χ2n) is 2.62. The van der Waals surface area contributed by atoms with Crippen LogP contribution in [-0.4, -0.2) is 31.8 Å². The zero-order valence-electron chi connectivity index (χ0n) is 8.01. The molecule has 0 fully saturated rings. The first kappa shape index (κ1) is 10.7. The van der Waals surface area contributed by atoms with E-state index in [9.17, 15) is 8.42 Å². The Morgan fingerprint density at radius 3 is 2.50 bits per heavy atom. The summed E-state index contributed by atoms with van der Waals surface area (Å²) in [6.45, 7) is 1.68. The van der Waals surface area contributed by atoms with Gasteiger partial charge in [-0.25, -0.2) is 0 Å². The van der Waals surface area contributed by atoms with E-state index in [1.807, 2.05) is 0 Å². The molecule has 0 amide bonds. The molecule has 0 unspecified atom stereocenters. The minimum atomic E-state index is -3.60. The summed E-state index contributed by atoms with van der Waals surface area (Å²) in [6.07, 6.45) is 0.922. The Bertz CT molecular complexity index is 429. The molecule has 1 aromatic rings. The van der Waals surface area contributed by atoms with Gasteiger partial charge in [0.1, 0.15) is 0 Å². The van der Waals surface area contributed by atoms with Crippen LogP contribution in [0.25, 0.3) is 0 Å². The Balaban J connectivity index is 3.04. The van der Waals surface area contributed by atoms with Gasteiger partial charge in [0.2, 0.25) is 5.88 Å². The van der Waals surface area contributed by atoms with E-state index in [2.05, 4.69) is 14.2 Å². The first-order chi connectivity index (χ1) is 6.40. The zero-order valence-corrected chi connectivity index (χ0v) is 8.83. The van der Waals surface area contributed by atoms with Gasteiger partial charge in [-0.15, -0.1) is 0 Å². The second-order valence-corrected chi connectivity index (χ2v) is 4.20. The van der Waals surface area contributed by atoms with Gasteiger partial charge >= 0.3 is 16.1 Å². The first-order valence-electron chi connectivity index (χ1n) is 3.70. The highest BCUT2D eigenvalue weighted by molar-refractivity contribution is 7.86. The van der Waals surface area contributed by atoms with E-state index in [0.29, 0.717) is 5.69 Å². The molecule has 14 heavy (non-hydrogen) atoms. The van der Waals surface area contributed by atoms with E-state index in [0.717, 1.165) is 6.26 Å². The Kier molecular flexibility index (Phi) is 2.90. The van der Waals surface area contributed by atoms with Crippen molar-refractivity contribution in [1.29, 1.82) is 0 Å². The molecule has 0 aliphatic heterocycles. The van der Waals surface area contributed by atoms with Crippen molar-refractivity contribution in [3.05, 3.63) is 11.8 Å². The summed E-state index contributed by atoms with van der Waals surface area (Å²) in [5, 5.41) is 0. The zero-order chi connectivity index (χ0) is 10.8. The van der Waals surface area contributed by atoms with Gasteiger partial charge in [0, 0.05) is 11.8 Å². The number of ether oxygens (including phenoxy) is 1. The fraction of sp³-hybridized carbons (Fsp3) is 0.429. The van der Waals surface area contributed by atoms with Gasteiger partial charge in [0.25, 0.3) is 0 Å². The number of aryl methyl sites for hydroxylation is 1. The van der Waals surface area contributed by atoms with Crippen molar-refractivity contribution in [3.63, 3.8) is 0 Å². The van der Waals surface area contributed by atoms with E-state index >= 15 is 0 Å². The van der Waals surface area contributed by atoms with Crippen molar-refractivity contribution >= 4 is 10.1 Å². The molecule has 0 aliphatic rings. The molecule has 78 valence electrons. The maximum atomic E-state index is 10.8. The number of hydrogen-bond acceptors (Lipinski definition) is 6. The van der Waals surface area contributed by atoms with Crippen LogP contribution in [0.1, 0.15) is 5.69 Å². The summed E-state index contributed by atoms with van der Waals surface area (Å²) in [6, 6.07) is 1.33. The highest BCUT2D eigenvalue weighted by Crippen LogP contribution is 2.13. The van der Waals surface area contributed by atoms with Crippen LogP contribution in [-0.2, 0) is 10.1 Å². The lowest BCUT2D eigenvalue weighted by Gasteiger charge is -2.03. The SMILES string of the molecule is COc1cc(C)nc(OS(C)(=O)=O)n1. The molecular weight excluding hydrogens is 208 g/mol. The third-order valence-corrected chi connectivity index (χ3v) is 1.70. The smallest absolute Gasteiger partial charge is 0.336 e. The summed E-state index contributed by atoms with van der Waals surface area (Å²) in [7, 11) is -2.18. The van der Waals surface area contributed by atoms with E-state index in [-0.39, 0.29) is 11.9 Å². The van der Waals surface area contributed by atoms with Crippen molar-refractivity contribution < 1.29 is 17.3 Å². The van der Waals surface area contributed by atoms with Crippen LogP contribution in [0.15, 0.2) is 6.07 Å². The lowest BCUT2D eigenvalue weighted by Crippen LogP contribution is -2.09. The average Bonchev–Trinajstić information content (AvgIpc) is 1.99. The number of aromatic nitrogens is 2. The number of methoxy groups -OCH3 is 1. The molecule has 0 saturated heterocycles. The standard InChI is InChI=1S/C7H10N2O4S/c1-5-4-6(12-2)9-7(8-5)13-14(3,10)11/h4H,1-3H3. The molecule has 0 aliphatic carbocycles. The largest absolute Gasteiger partial charge is 0.481 e. The van der Waals surface area contributed by atoms with Crippen molar-refractivity contribution in [2.45, 2.75) is 6.92 Å². The Hall–Kier alpha value is -1.37. The molecule has 0 bridgehead atoms. The molecule has 0 saturated carbocycles. The second kappa shape index (κ2) is 3.79. The maximum Gasteiger partial charge on any atom is 0.336 e. The van der Waals surface area contributed by atoms with E-state index in [1.54, 1.807) is 13.0 Å². The maximum absolute atomic E-state index is 10.8. The van der Waals surface area contributed by atoms with Crippen LogP contribution in [0.5, 0.6) is 11.9 Å². The number of rotatable bonds is 3. The van der Waals surface area contributed by atoms with Gasteiger partial charge in [-0.3, -0.25) is 0 Å². The minimum absolute atomic E-state index is 0.232. The van der Waals surface area contributed by atoms with Gasteiger partial charge in [-0.1, -0.05) is 0 Å². The van der Waals surface area contributed by atoms with Crippen molar-refractivity contribution in [1.82, 2.24) is 9.97 Å². The van der Waals surface area contributed by atoms with Crippen LogP contribution >= 0.6 is 0 Å². The molecule has 1 rings (SSSR count). The molecule has 1 aromatic heterocycles. The molecule has 0 radical (unpaired) electrons. The number of nitrogens with zero attached hydrogens (tertiary/aromatic N) is 2. The summed E-state index contributed by atoms with van der Waals surface area (Å²) in [5.41, 5.74) is 0.565. The van der Waals surface area contributed by atoms with Crippen molar-refractivity contribution in [2.24, 2.45) is 0 Å². The van der Waals surface area contributed by atoms with E-state index in [4.69, 9.17) is 4.74 Å². The number of hydrogen-bond donors (Lipinski definition) is 0. The first-order valence-corrected chi connectivity index (χ1v) is 5.51.